The minimum absolute atomic E-state index is 0.0450. The third-order valence-electron chi connectivity index (χ3n) is 2.41. The van der Waals surface area contributed by atoms with E-state index in [2.05, 4.69) is 0 Å². The molecule has 0 aliphatic rings. The van der Waals surface area contributed by atoms with E-state index in [0.717, 1.165) is 0 Å². The van der Waals surface area contributed by atoms with Crippen molar-refractivity contribution in [3.05, 3.63) is 5.56 Å². The number of aromatic hydroxyl groups is 1. The minimum atomic E-state index is -1.36. The second-order valence-corrected chi connectivity index (χ2v) is 3.39. The number of aromatic carboxylic acids is 1. The molecule has 0 bridgehead atoms. The van der Waals surface area contributed by atoms with Gasteiger partial charge in [-0.1, -0.05) is 0 Å². The van der Waals surface area contributed by atoms with Crippen LogP contribution in [0.4, 0.5) is 0 Å². The Labute approximate surface area is 110 Å². The number of hydrogen-bond donors (Lipinski definition) is 2. The molecule has 0 aromatic heterocycles. The van der Waals surface area contributed by atoms with Gasteiger partial charge in [0.15, 0.2) is 17.1 Å². The Hall–Kier alpha value is -2.31. The summed E-state index contributed by atoms with van der Waals surface area (Å²) in [6, 6.07) is 0. The SMILES string of the molecule is CCOc1c(O)c(C(=O)O)c(OC)c(OC)c1OC. The number of benzene rings is 1. The summed E-state index contributed by atoms with van der Waals surface area (Å²) in [4.78, 5) is 11.2. The van der Waals surface area contributed by atoms with Crippen LogP contribution in [0.5, 0.6) is 28.7 Å². The molecule has 7 heteroatoms. The Bertz CT molecular complexity index is 482. The van der Waals surface area contributed by atoms with E-state index in [0.29, 0.717) is 0 Å². The van der Waals surface area contributed by atoms with E-state index in [1.807, 2.05) is 0 Å². The molecule has 0 heterocycles. The van der Waals surface area contributed by atoms with Crippen molar-refractivity contribution in [2.45, 2.75) is 6.92 Å². The number of phenols is 1. The molecule has 1 aromatic rings. The highest BCUT2D eigenvalue weighted by molar-refractivity contribution is 5.97. The smallest absolute Gasteiger partial charge is 0.343 e. The number of methoxy groups -OCH3 is 3. The van der Waals surface area contributed by atoms with Crippen LogP contribution < -0.4 is 18.9 Å². The maximum absolute atomic E-state index is 11.2. The topological polar surface area (TPSA) is 94.5 Å². The van der Waals surface area contributed by atoms with Gasteiger partial charge in [0, 0.05) is 0 Å². The van der Waals surface area contributed by atoms with Crippen molar-refractivity contribution in [2.75, 3.05) is 27.9 Å². The van der Waals surface area contributed by atoms with Crippen LogP contribution in [0.2, 0.25) is 0 Å². The number of carboxylic acids is 1. The summed E-state index contributed by atoms with van der Waals surface area (Å²) in [6.45, 7) is 1.91. The van der Waals surface area contributed by atoms with E-state index < -0.39 is 17.3 Å². The van der Waals surface area contributed by atoms with E-state index >= 15 is 0 Å². The highest BCUT2D eigenvalue weighted by atomic mass is 16.5. The first-order valence-corrected chi connectivity index (χ1v) is 5.44. The lowest BCUT2D eigenvalue weighted by molar-refractivity contribution is 0.0688. The van der Waals surface area contributed by atoms with Crippen LogP contribution in [0, 0.1) is 0 Å². The second-order valence-electron chi connectivity index (χ2n) is 3.39. The molecule has 7 nitrogen and oxygen atoms in total. The normalized spacial score (nSPS) is 9.89. The molecule has 19 heavy (non-hydrogen) atoms. The van der Waals surface area contributed by atoms with E-state index in [4.69, 9.17) is 24.1 Å². The third-order valence-corrected chi connectivity index (χ3v) is 2.41. The van der Waals surface area contributed by atoms with Crippen LogP contribution in [-0.4, -0.2) is 44.1 Å². The van der Waals surface area contributed by atoms with Crippen molar-refractivity contribution in [3.8, 4) is 28.7 Å². The Kier molecular flexibility index (Phi) is 4.68. The Balaban J connectivity index is 3.75. The van der Waals surface area contributed by atoms with Gasteiger partial charge in [0.1, 0.15) is 0 Å². The summed E-state index contributed by atoms with van der Waals surface area (Å²) in [5.41, 5.74) is -0.441. The largest absolute Gasteiger partial charge is 0.503 e. The first-order valence-electron chi connectivity index (χ1n) is 5.44. The molecule has 0 amide bonds. The fourth-order valence-electron chi connectivity index (χ4n) is 1.69. The first kappa shape index (κ1) is 14.7. The van der Waals surface area contributed by atoms with Crippen molar-refractivity contribution in [3.63, 3.8) is 0 Å². The fourth-order valence-corrected chi connectivity index (χ4v) is 1.69. The number of carbonyl (C=O) groups is 1. The molecular weight excluding hydrogens is 256 g/mol. The average Bonchev–Trinajstić information content (AvgIpc) is 2.39. The summed E-state index contributed by atoms with van der Waals surface area (Å²) in [7, 11) is 3.95. The van der Waals surface area contributed by atoms with Crippen LogP contribution in [0.1, 0.15) is 17.3 Å². The van der Waals surface area contributed by atoms with Gasteiger partial charge in [-0.05, 0) is 6.92 Å². The van der Waals surface area contributed by atoms with E-state index in [1.54, 1.807) is 6.92 Å². The lowest BCUT2D eigenvalue weighted by atomic mass is 10.1. The number of carboxylic acid groups (broad SMARTS) is 1. The van der Waals surface area contributed by atoms with Crippen LogP contribution >= 0.6 is 0 Å². The average molecular weight is 272 g/mol. The van der Waals surface area contributed by atoms with Gasteiger partial charge in [-0.25, -0.2) is 4.79 Å². The molecule has 1 aromatic carbocycles. The van der Waals surface area contributed by atoms with Gasteiger partial charge < -0.3 is 29.2 Å². The van der Waals surface area contributed by atoms with E-state index in [1.165, 1.54) is 21.3 Å². The molecule has 0 saturated heterocycles. The van der Waals surface area contributed by atoms with Crippen LogP contribution in [0.15, 0.2) is 0 Å². The molecule has 0 unspecified atom stereocenters. The molecule has 0 spiro atoms. The third kappa shape index (κ3) is 2.44. The van der Waals surface area contributed by atoms with Crippen molar-refractivity contribution in [1.29, 1.82) is 0 Å². The van der Waals surface area contributed by atoms with Gasteiger partial charge in [0.25, 0.3) is 0 Å². The highest BCUT2D eigenvalue weighted by Gasteiger charge is 2.31. The maximum atomic E-state index is 11.2. The van der Waals surface area contributed by atoms with Crippen molar-refractivity contribution >= 4 is 5.97 Å². The lowest BCUT2D eigenvalue weighted by Gasteiger charge is -2.19. The predicted octanol–water partition coefficient (Wildman–Crippen LogP) is 1.51. The first-order chi connectivity index (χ1) is 9.03. The summed E-state index contributed by atoms with van der Waals surface area (Å²) in [5.74, 6) is -2.04. The van der Waals surface area contributed by atoms with Gasteiger partial charge in [-0.2, -0.15) is 0 Å². The molecule has 0 radical (unpaired) electrons. The molecule has 0 fully saturated rings. The second kappa shape index (κ2) is 6.03. The standard InChI is InChI=1S/C12H16O7/c1-5-19-9-7(13)6(12(14)15)8(16-2)10(17-3)11(9)18-4/h13H,5H2,1-4H3,(H,14,15). The minimum Gasteiger partial charge on any atom is -0.503 e. The summed E-state index contributed by atoms with van der Waals surface area (Å²) >= 11 is 0. The molecule has 0 saturated carbocycles. The Morgan fingerprint density at radius 3 is 1.84 bits per heavy atom. The molecular formula is C12H16O7. The van der Waals surface area contributed by atoms with Crippen LogP contribution in [0.25, 0.3) is 0 Å². The maximum Gasteiger partial charge on any atom is 0.343 e. The summed E-state index contributed by atoms with van der Waals surface area (Å²) in [6.07, 6.45) is 0. The predicted molar refractivity (Wildman–Crippen MR) is 65.9 cm³/mol. The number of rotatable bonds is 6. The number of ether oxygens (including phenoxy) is 4. The molecule has 2 N–H and O–H groups in total. The highest BCUT2D eigenvalue weighted by Crippen LogP contribution is 2.52. The summed E-state index contributed by atoms with van der Waals surface area (Å²) in [5, 5.41) is 19.2. The molecule has 106 valence electrons. The van der Waals surface area contributed by atoms with E-state index in [9.17, 15) is 9.90 Å². The Morgan fingerprint density at radius 1 is 1.00 bits per heavy atom. The van der Waals surface area contributed by atoms with Crippen LogP contribution in [-0.2, 0) is 0 Å². The molecule has 0 aliphatic carbocycles. The molecule has 0 aliphatic heterocycles. The zero-order valence-electron chi connectivity index (χ0n) is 11.1. The van der Waals surface area contributed by atoms with E-state index in [-0.39, 0.29) is 29.6 Å². The number of hydrogen-bond acceptors (Lipinski definition) is 6. The quantitative estimate of drug-likeness (QED) is 0.810. The monoisotopic (exact) mass is 272 g/mol. The van der Waals surface area contributed by atoms with Gasteiger partial charge in [0.2, 0.25) is 17.2 Å². The molecule has 0 atom stereocenters. The van der Waals surface area contributed by atoms with Gasteiger partial charge in [0.05, 0.1) is 27.9 Å². The Morgan fingerprint density at radius 2 is 1.47 bits per heavy atom. The van der Waals surface area contributed by atoms with Gasteiger partial charge in [-0.15, -0.1) is 0 Å². The van der Waals surface area contributed by atoms with Gasteiger partial charge >= 0.3 is 5.97 Å². The zero-order chi connectivity index (χ0) is 14.6. The van der Waals surface area contributed by atoms with Crippen molar-refractivity contribution < 1.29 is 34.0 Å². The van der Waals surface area contributed by atoms with Crippen molar-refractivity contribution in [2.24, 2.45) is 0 Å². The summed E-state index contributed by atoms with van der Waals surface area (Å²) < 4.78 is 20.4. The van der Waals surface area contributed by atoms with Gasteiger partial charge in [-0.3, -0.25) is 0 Å². The lowest BCUT2D eigenvalue weighted by Crippen LogP contribution is -2.07. The molecule has 1 rings (SSSR count). The van der Waals surface area contributed by atoms with Crippen LogP contribution in [0.3, 0.4) is 0 Å². The zero-order valence-corrected chi connectivity index (χ0v) is 11.1. The van der Waals surface area contributed by atoms with Crippen molar-refractivity contribution in [1.82, 2.24) is 0 Å². The fraction of sp³-hybridized carbons (Fsp3) is 0.417.